The fourth-order valence-electron chi connectivity index (χ4n) is 7.53. The van der Waals surface area contributed by atoms with E-state index in [1.165, 1.54) is 44.5 Å². The second-order valence-electron chi connectivity index (χ2n) is 14.0. The topological polar surface area (TPSA) is 12.0 Å². The molecule has 7 rings (SSSR count). The molecule has 0 heterocycles. The summed E-state index contributed by atoms with van der Waals surface area (Å²) in [5.41, 5.74) is 13.0. The molecule has 0 aromatic heterocycles. The zero-order valence-electron chi connectivity index (χ0n) is 24.8. The van der Waals surface area contributed by atoms with E-state index in [1.54, 1.807) is 0 Å². The molecule has 3 unspecified atom stereocenters. The van der Waals surface area contributed by atoms with Gasteiger partial charge in [-0.3, -0.25) is 0 Å². The number of allylic oxidation sites excluding steroid dienone is 4. The number of halogens is 1. The van der Waals surface area contributed by atoms with Crippen LogP contribution in [-0.2, 0) is 10.8 Å². The van der Waals surface area contributed by atoms with Crippen molar-refractivity contribution in [2.45, 2.75) is 58.3 Å². The van der Waals surface area contributed by atoms with Crippen LogP contribution in [0.4, 0.5) is 11.4 Å². The summed E-state index contributed by atoms with van der Waals surface area (Å²) in [5.74, 6) is 0.606. The van der Waals surface area contributed by atoms with Crippen LogP contribution in [0.1, 0.15) is 75.3 Å². The quantitative estimate of drug-likeness (QED) is 0.259. The number of nitrogens with one attached hydrogen (secondary N) is 1. The molecule has 206 valence electrons. The second-order valence-corrected chi connectivity index (χ2v) is 14.4. The van der Waals surface area contributed by atoms with Crippen LogP contribution in [0.3, 0.4) is 0 Å². The van der Waals surface area contributed by atoms with Gasteiger partial charge in [-0.15, -0.1) is 0 Å². The molecule has 0 saturated heterocycles. The summed E-state index contributed by atoms with van der Waals surface area (Å²) in [5, 5.41) is 4.45. The van der Waals surface area contributed by atoms with Gasteiger partial charge in [0.15, 0.2) is 0 Å². The number of para-hydroxylation sites is 1. The first-order valence-electron chi connectivity index (χ1n) is 14.8. The van der Waals surface area contributed by atoms with Gasteiger partial charge in [0.1, 0.15) is 0 Å². The van der Waals surface area contributed by atoms with Crippen LogP contribution in [0.25, 0.3) is 11.1 Å². The van der Waals surface area contributed by atoms with Crippen LogP contribution in [0.15, 0.2) is 109 Å². The number of rotatable bonds is 2. The Bertz CT molecular complexity index is 1760. The van der Waals surface area contributed by atoms with E-state index in [-0.39, 0.29) is 22.2 Å². The normalized spacial score (nSPS) is 22.2. The predicted octanol–water partition coefficient (Wildman–Crippen LogP) is 11.0. The summed E-state index contributed by atoms with van der Waals surface area (Å²) < 4.78 is 0. The molecule has 1 nitrogen and oxygen atoms in total. The maximum Gasteiger partial charge on any atom is 0.0640 e. The molecule has 0 aliphatic heterocycles. The number of benzene rings is 4. The molecule has 4 aromatic carbocycles. The molecule has 2 heteroatoms. The first kappa shape index (κ1) is 26.4. The lowest BCUT2D eigenvalue weighted by Crippen LogP contribution is -2.34. The molecular formula is C39H38ClN. The van der Waals surface area contributed by atoms with Gasteiger partial charge >= 0.3 is 0 Å². The minimum atomic E-state index is -0.285. The first-order valence-corrected chi connectivity index (χ1v) is 15.2. The summed E-state index contributed by atoms with van der Waals surface area (Å²) in [6.45, 7) is 14.0. The summed E-state index contributed by atoms with van der Waals surface area (Å²) in [6, 6.07) is 31.2. The highest BCUT2D eigenvalue weighted by Gasteiger charge is 2.58. The van der Waals surface area contributed by atoms with Crippen molar-refractivity contribution < 1.29 is 0 Å². The van der Waals surface area contributed by atoms with Gasteiger partial charge in [-0.1, -0.05) is 138 Å². The number of fused-ring (bicyclic) bond motifs is 10. The van der Waals surface area contributed by atoms with Crippen molar-refractivity contribution in [2.24, 2.45) is 11.3 Å². The van der Waals surface area contributed by atoms with Crippen LogP contribution in [0.5, 0.6) is 0 Å². The molecule has 1 spiro atoms. The van der Waals surface area contributed by atoms with Crippen LogP contribution in [0, 0.1) is 11.3 Å². The van der Waals surface area contributed by atoms with Crippen molar-refractivity contribution in [1.29, 1.82) is 0 Å². The Kier molecular flexibility index (Phi) is 5.77. The van der Waals surface area contributed by atoms with Crippen molar-refractivity contribution in [3.63, 3.8) is 0 Å². The molecule has 0 saturated carbocycles. The largest absolute Gasteiger partial charge is 0.354 e. The molecule has 3 aliphatic rings. The monoisotopic (exact) mass is 555 g/mol. The molecule has 0 amide bonds. The first-order chi connectivity index (χ1) is 19.5. The highest BCUT2D eigenvalue weighted by Crippen LogP contribution is 2.67. The van der Waals surface area contributed by atoms with Gasteiger partial charge in [0.25, 0.3) is 0 Å². The number of hydrogen-bond acceptors (Lipinski definition) is 1. The standard InChI is InChI=1S/C39H38ClN/c1-37(2,3)24-18-20-26-27-21-19-25(38(4,5)6)23-32(27)39(31(26)22-24)29-13-8-7-12-28(29)36-30(39)14-11-17-35(36)41-34-16-10-9-15-33(34)40/h7-23,26,31,41H,1-6H3. The Hall–Kier alpha value is -3.55. The van der Waals surface area contributed by atoms with E-state index in [2.05, 4.69) is 132 Å². The van der Waals surface area contributed by atoms with E-state index in [9.17, 15) is 0 Å². The van der Waals surface area contributed by atoms with Crippen molar-refractivity contribution >= 4 is 23.0 Å². The van der Waals surface area contributed by atoms with Gasteiger partial charge in [-0.25, -0.2) is 0 Å². The van der Waals surface area contributed by atoms with Crippen molar-refractivity contribution in [1.82, 2.24) is 0 Å². The Balaban J connectivity index is 1.56. The Morgan fingerprint density at radius 2 is 1.41 bits per heavy atom. The van der Waals surface area contributed by atoms with Crippen LogP contribution in [-0.4, -0.2) is 0 Å². The Morgan fingerprint density at radius 3 is 2.17 bits per heavy atom. The van der Waals surface area contributed by atoms with Gasteiger partial charge in [0.2, 0.25) is 0 Å². The zero-order chi connectivity index (χ0) is 28.7. The smallest absolute Gasteiger partial charge is 0.0640 e. The third-order valence-corrected chi connectivity index (χ3v) is 9.88. The molecule has 3 atom stereocenters. The lowest BCUT2D eigenvalue weighted by atomic mass is 9.63. The highest BCUT2D eigenvalue weighted by molar-refractivity contribution is 6.33. The third-order valence-electron chi connectivity index (χ3n) is 9.55. The maximum absolute atomic E-state index is 6.64. The summed E-state index contributed by atoms with van der Waals surface area (Å²) in [6.07, 6.45) is 7.49. The number of hydrogen-bond donors (Lipinski definition) is 1. The van der Waals surface area contributed by atoms with E-state index >= 15 is 0 Å². The average molecular weight is 556 g/mol. The van der Waals surface area contributed by atoms with Gasteiger partial charge in [0.05, 0.1) is 16.1 Å². The maximum atomic E-state index is 6.64. The predicted molar refractivity (Wildman–Crippen MR) is 175 cm³/mol. The molecule has 0 fully saturated rings. The van der Waals surface area contributed by atoms with Gasteiger partial charge in [-0.2, -0.15) is 0 Å². The van der Waals surface area contributed by atoms with E-state index in [1.807, 2.05) is 18.2 Å². The van der Waals surface area contributed by atoms with Crippen molar-refractivity contribution in [2.75, 3.05) is 5.32 Å². The lowest BCUT2D eigenvalue weighted by Gasteiger charge is -2.38. The SMILES string of the molecule is CC(C)(C)C1=CC2C(C=C1)c1ccc(C(C)(C)C)cc1C21c2ccccc2-c2c(Nc3ccccc3Cl)cccc21. The third kappa shape index (κ3) is 3.82. The molecule has 0 radical (unpaired) electrons. The summed E-state index contributed by atoms with van der Waals surface area (Å²) >= 11 is 6.64. The van der Waals surface area contributed by atoms with Gasteiger partial charge in [0, 0.05) is 23.1 Å². The average Bonchev–Trinajstić information content (AvgIpc) is 3.40. The van der Waals surface area contributed by atoms with Crippen molar-refractivity contribution in [3.8, 4) is 11.1 Å². The van der Waals surface area contributed by atoms with Gasteiger partial charge < -0.3 is 5.32 Å². The molecule has 3 aliphatic carbocycles. The summed E-state index contributed by atoms with van der Waals surface area (Å²) in [7, 11) is 0. The lowest BCUT2D eigenvalue weighted by molar-refractivity contribution is 0.439. The molecule has 1 N–H and O–H groups in total. The number of anilines is 2. The molecule has 0 bridgehead atoms. The zero-order valence-corrected chi connectivity index (χ0v) is 25.6. The van der Waals surface area contributed by atoms with Crippen molar-refractivity contribution in [3.05, 3.63) is 142 Å². The highest BCUT2D eigenvalue weighted by atomic mass is 35.5. The Morgan fingerprint density at radius 1 is 0.707 bits per heavy atom. The minimum Gasteiger partial charge on any atom is -0.354 e. The molecule has 4 aromatic rings. The fraction of sp³-hybridized carbons (Fsp3) is 0.282. The van der Waals surface area contributed by atoms with E-state index in [0.717, 1.165) is 16.4 Å². The van der Waals surface area contributed by atoms with Crippen LogP contribution >= 0.6 is 11.6 Å². The fourth-order valence-corrected chi connectivity index (χ4v) is 7.71. The van der Waals surface area contributed by atoms with E-state index < -0.39 is 0 Å². The molecule has 41 heavy (non-hydrogen) atoms. The van der Waals surface area contributed by atoms with E-state index in [0.29, 0.717) is 5.92 Å². The van der Waals surface area contributed by atoms with Gasteiger partial charge in [-0.05, 0) is 68.0 Å². The van der Waals surface area contributed by atoms with Crippen LogP contribution in [0.2, 0.25) is 5.02 Å². The second kappa shape index (κ2) is 8.97. The molecular weight excluding hydrogens is 518 g/mol. The Labute approximate surface area is 250 Å². The van der Waals surface area contributed by atoms with E-state index in [4.69, 9.17) is 11.6 Å². The minimum absolute atomic E-state index is 0.0562. The van der Waals surface area contributed by atoms with Crippen LogP contribution < -0.4 is 5.32 Å². The summed E-state index contributed by atoms with van der Waals surface area (Å²) in [4.78, 5) is 0.